The highest BCUT2D eigenvalue weighted by atomic mass is 14.7. The molecule has 0 amide bonds. The fraction of sp³-hybridized carbons (Fsp3) is 0.296. The third-order valence-electron chi connectivity index (χ3n) is 5.66. The molecule has 1 aromatic heterocycles. The van der Waals surface area contributed by atoms with Crippen molar-refractivity contribution in [1.82, 2.24) is 4.98 Å². The van der Waals surface area contributed by atoms with Gasteiger partial charge in [0, 0.05) is 17.1 Å². The second-order valence-corrected chi connectivity index (χ2v) is 9.26. The number of aromatic nitrogens is 1. The molecule has 0 spiro atoms. The van der Waals surface area contributed by atoms with Crippen molar-refractivity contribution < 1.29 is 0 Å². The van der Waals surface area contributed by atoms with E-state index in [-0.39, 0.29) is 5.41 Å². The highest BCUT2D eigenvalue weighted by Gasteiger charge is 2.17. The summed E-state index contributed by atoms with van der Waals surface area (Å²) in [5, 5.41) is 5.14. The van der Waals surface area contributed by atoms with Crippen molar-refractivity contribution in [2.75, 3.05) is 0 Å². The maximum Gasteiger partial charge on any atom is 0.0786 e. The Balaban J connectivity index is 2.09. The summed E-state index contributed by atoms with van der Waals surface area (Å²) in [4.78, 5) is 4.87. The minimum absolute atomic E-state index is 0.109. The van der Waals surface area contributed by atoms with Gasteiger partial charge in [-0.3, -0.25) is 4.98 Å². The Kier molecular flexibility index (Phi) is 4.50. The van der Waals surface area contributed by atoms with Crippen LogP contribution < -0.4 is 0 Å². The third-order valence-corrected chi connectivity index (χ3v) is 5.66. The first-order valence-corrected chi connectivity index (χ1v) is 10.2. The molecule has 0 aliphatic heterocycles. The van der Waals surface area contributed by atoms with Crippen LogP contribution in [-0.4, -0.2) is 4.98 Å². The molecule has 4 aromatic rings. The smallest absolute Gasteiger partial charge is 0.0786 e. The standard InChI is InChI=1S/C27H29N/c1-17(2)22-8-7-9-24-23(22)11-10-19-12-13-28-26(25(19)24)20-14-18(3)15-21(16-20)27(4,5)6/h7-17H,1-6H3. The Morgan fingerprint density at radius 1 is 0.857 bits per heavy atom. The number of hydrogen-bond donors (Lipinski definition) is 0. The van der Waals surface area contributed by atoms with E-state index in [0.29, 0.717) is 5.92 Å². The summed E-state index contributed by atoms with van der Waals surface area (Å²) in [6.45, 7) is 13.5. The van der Waals surface area contributed by atoms with Gasteiger partial charge in [-0.05, 0) is 63.7 Å². The third kappa shape index (κ3) is 3.20. The van der Waals surface area contributed by atoms with Crippen molar-refractivity contribution in [2.45, 2.75) is 52.9 Å². The summed E-state index contributed by atoms with van der Waals surface area (Å²) >= 11 is 0. The Labute approximate surface area is 168 Å². The highest BCUT2D eigenvalue weighted by Crippen LogP contribution is 2.37. The van der Waals surface area contributed by atoms with Crippen LogP contribution in [0.2, 0.25) is 0 Å². The second kappa shape index (κ2) is 6.74. The van der Waals surface area contributed by atoms with Crippen LogP contribution in [0.25, 0.3) is 32.8 Å². The normalized spacial score (nSPS) is 12.2. The predicted molar refractivity (Wildman–Crippen MR) is 122 cm³/mol. The van der Waals surface area contributed by atoms with Gasteiger partial charge in [0.25, 0.3) is 0 Å². The molecule has 1 nitrogen and oxygen atoms in total. The first-order chi connectivity index (χ1) is 13.3. The summed E-state index contributed by atoms with van der Waals surface area (Å²) < 4.78 is 0. The minimum Gasteiger partial charge on any atom is -0.256 e. The molecule has 0 aliphatic rings. The average Bonchev–Trinajstić information content (AvgIpc) is 2.65. The fourth-order valence-electron chi connectivity index (χ4n) is 4.13. The topological polar surface area (TPSA) is 12.9 Å². The molecule has 0 unspecified atom stereocenters. The minimum atomic E-state index is 0.109. The molecule has 1 heterocycles. The first-order valence-electron chi connectivity index (χ1n) is 10.2. The van der Waals surface area contributed by atoms with Crippen LogP contribution in [0, 0.1) is 6.92 Å². The number of pyridine rings is 1. The molecule has 142 valence electrons. The van der Waals surface area contributed by atoms with Crippen LogP contribution in [0.5, 0.6) is 0 Å². The molecule has 1 heteroatoms. The van der Waals surface area contributed by atoms with Crippen molar-refractivity contribution >= 4 is 21.5 Å². The molecule has 4 rings (SSSR count). The van der Waals surface area contributed by atoms with Gasteiger partial charge >= 0.3 is 0 Å². The zero-order valence-corrected chi connectivity index (χ0v) is 17.8. The van der Waals surface area contributed by atoms with E-state index >= 15 is 0 Å². The summed E-state index contributed by atoms with van der Waals surface area (Å²) in [6, 6.07) is 20.2. The van der Waals surface area contributed by atoms with Crippen LogP contribution in [-0.2, 0) is 5.41 Å². The SMILES string of the molecule is Cc1cc(-c2nccc3ccc4c(C(C)C)cccc4c23)cc(C(C)(C)C)c1. The number of rotatable bonds is 2. The van der Waals surface area contributed by atoms with Gasteiger partial charge in [0.05, 0.1) is 5.69 Å². The van der Waals surface area contributed by atoms with Gasteiger partial charge in [0.1, 0.15) is 0 Å². The number of hydrogen-bond acceptors (Lipinski definition) is 1. The maximum atomic E-state index is 4.87. The number of aryl methyl sites for hydroxylation is 1. The van der Waals surface area contributed by atoms with Gasteiger partial charge < -0.3 is 0 Å². The van der Waals surface area contributed by atoms with Gasteiger partial charge in [-0.2, -0.15) is 0 Å². The lowest BCUT2D eigenvalue weighted by Crippen LogP contribution is -2.11. The van der Waals surface area contributed by atoms with E-state index in [1.807, 2.05) is 6.20 Å². The molecule has 0 radical (unpaired) electrons. The lowest BCUT2D eigenvalue weighted by atomic mass is 9.84. The van der Waals surface area contributed by atoms with Crippen molar-refractivity contribution in [3.05, 3.63) is 77.5 Å². The van der Waals surface area contributed by atoms with Crippen LogP contribution in [0.15, 0.2) is 60.8 Å². The molecule has 0 atom stereocenters. The molecule has 0 aliphatic carbocycles. The predicted octanol–water partition coefficient (Wildman–Crippen LogP) is 7.78. The van der Waals surface area contributed by atoms with E-state index in [4.69, 9.17) is 4.98 Å². The van der Waals surface area contributed by atoms with Crippen LogP contribution in [0.3, 0.4) is 0 Å². The van der Waals surface area contributed by atoms with E-state index in [9.17, 15) is 0 Å². The van der Waals surface area contributed by atoms with E-state index in [1.165, 1.54) is 43.8 Å². The van der Waals surface area contributed by atoms with E-state index in [0.717, 1.165) is 5.69 Å². The summed E-state index contributed by atoms with van der Waals surface area (Å²) in [5.74, 6) is 0.493. The van der Waals surface area contributed by atoms with E-state index < -0.39 is 0 Å². The van der Waals surface area contributed by atoms with Crippen LogP contribution in [0.4, 0.5) is 0 Å². The number of nitrogens with zero attached hydrogens (tertiary/aromatic N) is 1. The molecule has 0 N–H and O–H groups in total. The van der Waals surface area contributed by atoms with Gasteiger partial charge in [0.2, 0.25) is 0 Å². The maximum absolute atomic E-state index is 4.87. The second-order valence-electron chi connectivity index (χ2n) is 9.26. The van der Waals surface area contributed by atoms with Gasteiger partial charge in [0.15, 0.2) is 0 Å². The average molecular weight is 368 g/mol. The Morgan fingerprint density at radius 3 is 2.36 bits per heavy atom. The molecule has 0 bridgehead atoms. The van der Waals surface area contributed by atoms with E-state index in [1.54, 1.807) is 0 Å². The molecule has 0 saturated heterocycles. The highest BCUT2D eigenvalue weighted by molar-refractivity contribution is 6.14. The van der Waals surface area contributed by atoms with Crippen LogP contribution in [0.1, 0.15) is 57.2 Å². The van der Waals surface area contributed by atoms with Crippen molar-refractivity contribution in [2.24, 2.45) is 0 Å². The van der Waals surface area contributed by atoms with Crippen molar-refractivity contribution in [3.63, 3.8) is 0 Å². The van der Waals surface area contributed by atoms with Gasteiger partial charge in [-0.1, -0.05) is 76.6 Å². The summed E-state index contributed by atoms with van der Waals surface area (Å²) in [6.07, 6.45) is 1.94. The van der Waals surface area contributed by atoms with E-state index in [2.05, 4.69) is 96.1 Å². The molecule has 28 heavy (non-hydrogen) atoms. The quantitative estimate of drug-likeness (QED) is 0.330. The Hall–Kier alpha value is -2.67. The molecule has 0 fully saturated rings. The fourth-order valence-corrected chi connectivity index (χ4v) is 4.13. The zero-order chi connectivity index (χ0) is 20.1. The first kappa shape index (κ1) is 18.7. The Morgan fingerprint density at radius 2 is 1.64 bits per heavy atom. The van der Waals surface area contributed by atoms with Gasteiger partial charge in [-0.25, -0.2) is 0 Å². The van der Waals surface area contributed by atoms with Crippen LogP contribution >= 0.6 is 0 Å². The monoisotopic (exact) mass is 367 g/mol. The molecule has 3 aromatic carbocycles. The molecular formula is C27H29N. The number of benzene rings is 3. The summed E-state index contributed by atoms with van der Waals surface area (Å²) in [7, 11) is 0. The van der Waals surface area contributed by atoms with Gasteiger partial charge in [-0.15, -0.1) is 0 Å². The number of fused-ring (bicyclic) bond motifs is 3. The lowest BCUT2D eigenvalue weighted by Gasteiger charge is -2.21. The molecule has 0 saturated carbocycles. The van der Waals surface area contributed by atoms with Crippen molar-refractivity contribution in [3.8, 4) is 11.3 Å². The summed E-state index contributed by atoms with van der Waals surface area (Å²) in [5.41, 5.74) is 6.43. The van der Waals surface area contributed by atoms with Crippen molar-refractivity contribution in [1.29, 1.82) is 0 Å². The largest absolute Gasteiger partial charge is 0.256 e. The molecular weight excluding hydrogens is 338 g/mol. The zero-order valence-electron chi connectivity index (χ0n) is 17.8. The Bertz CT molecular complexity index is 1180. The lowest BCUT2D eigenvalue weighted by molar-refractivity contribution is 0.590.